The van der Waals surface area contributed by atoms with Crippen LogP contribution < -0.4 is 5.32 Å². The zero-order valence-corrected chi connectivity index (χ0v) is 17.1. The van der Waals surface area contributed by atoms with Crippen LogP contribution in [0.15, 0.2) is 29.0 Å². The molecular formula is C22H28N4O3. The van der Waals surface area contributed by atoms with E-state index in [1.54, 1.807) is 12.4 Å². The number of carbonyl (C=O) groups is 2. The molecule has 4 rings (SSSR count). The van der Waals surface area contributed by atoms with E-state index in [1.165, 1.54) is 0 Å². The van der Waals surface area contributed by atoms with Crippen LogP contribution >= 0.6 is 0 Å². The Bertz CT molecular complexity index is 869. The van der Waals surface area contributed by atoms with E-state index in [0.717, 1.165) is 41.8 Å². The van der Waals surface area contributed by atoms with Crippen molar-refractivity contribution in [1.82, 2.24) is 20.4 Å². The number of aromatic nitrogens is 2. The molecule has 2 amide bonds. The topological polar surface area (TPSA) is 88.3 Å². The van der Waals surface area contributed by atoms with Gasteiger partial charge in [-0.1, -0.05) is 11.6 Å². The number of nitrogens with zero attached hydrogens (tertiary/aromatic N) is 3. The van der Waals surface area contributed by atoms with Gasteiger partial charge in [0, 0.05) is 49.4 Å². The molecule has 7 nitrogen and oxygen atoms in total. The molecule has 2 fully saturated rings. The lowest BCUT2D eigenvalue weighted by atomic mass is 9.62. The first-order valence-corrected chi connectivity index (χ1v) is 10.3. The minimum absolute atomic E-state index is 0.0407. The van der Waals surface area contributed by atoms with Crippen molar-refractivity contribution in [1.29, 1.82) is 0 Å². The number of rotatable bonds is 6. The van der Waals surface area contributed by atoms with Crippen molar-refractivity contribution in [3.8, 4) is 0 Å². The molecule has 2 aliphatic rings. The molecule has 2 aromatic rings. The van der Waals surface area contributed by atoms with Gasteiger partial charge in [-0.2, -0.15) is 0 Å². The zero-order valence-electron chi connectivity index (χ0n) is 17.1. The van der Waals surface area contributed by atoms with E-state index in [4.69, 9.17) is 4.52 Å². The Morgan fingerprint density at radius 2 is 2.03 bits per heavy atom. The molecule has 1 aliphatic heterocycles. The number of amides is 2. The summed E-state index contributed by atoms with van der Waals surface area (Å²) in [6, 6.07) is 3.80. The van der Waals surface area contributed by atoms with E-state index in [2.05, 4.69) is 15.5 Å². The molecule has 0 bridgehead atoms. The van der Waals surface area contributed by atoms with Gasteiger partial charge in [-0.15, -0.1) is 0 Å². The third-order valence-electron chi connectivity index (χ3n) is 6.65. The van der Waals surface area contributed by atoms with Gasteiger partial charge in [0.25, 0.3) is 0 Å². The van der Waals surface area contributed by atoms with Crippen molar-refractivity contribution >= 4 is 11.8 Å². The van der Waals surface area contributed by atoms with Gasteiger partial charge in [-0.3, -0.25) is 14.6 Å². The van der Waals surface area contributed by atoms with E-state index in [-0.39, 0.29) is 23.1 Å². The second-order valence-corrected chi connectivity index (χ2v) is 8.42. The minimum atomic E-state index is -0.124. The van der Waals surface area contributed by atoms with E-state index in [1.807, 2.05) is 30.9 Å². The first-order valence-electron chi connectivity index (χ1n) is 10.3. The Morgan fingerprint density at radius 1 is 1.28 bits per heavy atom. The lowest BCUT2D eigenvalue weighted by molar-refractivity contribution is -0.130. The summed E-state index contributed by atoms with van der Waals surface area (Å²) in [5.41, 5.74) is 2.85. The predicted octanol–water partition coefficient (Wildman–Crippen LogP) is 2.56. The van der Waals surface area contributed by atoms with Crippen LogP contribution in [0.2, 0.25) is 0 Å². The Balaban J connectivity index is 1.37. The maximum absolute atomic E-state index is 12.9. The van der Waals surface area contributed by atoms with Crippen molar-refractivity contribution in [2.24, 2.45) is 11.3 Å². The summed E-state index contributed by atoms with van der Waals surface area (Å²) in [4.78, 5) is 31.7. The second kappa shape index (κ2) is 7.97. The lowest BCUT2D eigenvalue weighted by Gasteiger charge is -2.41. The number of hydrogen-bond acceptors (Lipinski definition) is 5. The van der Waals surface area contributed by atoms with Crippen LogP contribution in [0.3, 0.4) is 0 Å². The molecule has 2 aromatic heterocycles. The van der Waals surface area contributed by atoms with E-state index in [0.29, 0.717) is 32.5 Å². The van der Waals surface area contributed by atoms with E-state index >= 15 is 0 Å². The van der Waals surface area contributed by atoms with Crippen molar-refractivity contribution in [3.63, 3.8) is 0 Å². The zero-order chi connectivity index (χ0) is 20.4. The second-order valence-electron chi connectivity index (χ2n) is 8.42. The molecule has 1 N–H and O–H groups in total. The fourth-order valence-corrected chi connectivity index (χ4v) is 4.72. The Labute approximate surface area is 170 Å². The molecular weight excluding hydrogens is 368 g/mol. The van der Waals surface area contributed by atoms with Crippen molar-refractivity contribution in [2.75, 3.05) is 13.1 Å². The van der Waals surface area contributed by atoms with E-state index < -0.39 is 0 Å². The summed E-state index contributed by atoms with van der Waals surface area (Å²) in [7, 11) is 0. The largest absolute Gasteiger partial charge is 0.361 e. The minimum Gasteiger partial charge on any atom is -0.361 e. The molecule has 7 heteroatoms. The highest BCUT2D eigenvalue weighted by atomic mass is 16.5. The van der Waals surface area contributed by atoms with E-state index in [9.17, 15) is 9.59 Å². The van der Waals surface area contributed by atoms with Crippen molar-refractivity contribution in [2.45, 2.75) is 52.5 Å². The third kappa shape index (κ3) is 3.91. The SMILES string of the molecule is Cc1noc(C)c1CCC(=O)N1CC(C(=O)NCc2ccncc2)C2(CCC2)C1. The normalized spacial score (nSPS) is 19.9. The van der Waals surface area contributed by atoms with Crippen LogP contribution in [-0.4, -0.2) is 39.9 Å². The first-order chi connectivity index (χ1) is 14.0. The summed E-state index contributed by atoms with van der Waals surface area (Å²) in [6.45, 7) is 5.48. The molecule has 0 radical (unpaired) electrons. The number of carbonyl (C=O) groups excluding carboxylic acids is 2. The lowest BCUT2D eigenvalue weighted by Crippen LogP contribution is -2.45. The van der Waals surface area contributed by atoms with Gasteiger partial charge in [-0.05, 0) is 50.8 Å². The maximum Gasteiger partial charge on any atom is 0.225 e. The number of likely N-dealkylation sites (tertiary alicyclic amines) is 1. The van der Waals surface area contributed by atoms with Crippen LogP contribution in [-0.2, 0) is 22.6 Å². The van der Waals surface area contributed by atoms with Crippen LogP contribution in [0.4, 0.5) is 0 Å². The first kappa shape index (κ1) is 19.6. The van der Waals surface area contributed by atoms with Crippen molar-refractivity contribution in [3.05, 3.63) is 47.1 Å². The molecule has 0 aromatic carbocycles. The fraction of sp³-hybridized carbons (Fsp3) is 0.545. The Hall–Kier alpha value is -2.70. The summed E-state index contributed by atoms with van der Waals surface area (Å²) in [5, 5.41) is 7.03. The average Bonchev–Trinajstić information content (AvgIpc) is 3.26. The summed E-state index contributed by atoms with van der Waals surface area (Å²) < 4.78 is 5.19. The van der Waals surface area contributed by atoms with Crippen LogP contribution in [0, 0.1) is 25.2 Å². The highest BCUT2D eigenvalue weighted by molar-refractivity contribution is 5.83. The fourth-order valence-electron chi connectivity index (χ4n) is 4.72. The number of pyridine rings is 1. The number of aryl methyl sites for hydroxylation is 2. The summed E-state index contributed by atoms with van der Waals surface area (Å²) >= 11 is 0. The van der Waals surface area contributed by atoms with Gasteiger partial charge in [0.15, 0.2) is 0 Å². The van der Waals surface area contributed by atoms with Gasteiger partial charge in [-0.25, -0.2) is 0 Å². The highest BCUT2D eigenvalue weighted by Crippen LogP contribution is 2.51. The predicted molar refractivity (Wildman–Crippen MR) is 107 cm³/mol. The van der Waals surface area contributed by atoms with Gasteiger partial charge in [0.2, 0.25) is 11.8 Å². The van der Waals surface area contributed by atoms with Crippen LogP contribution in [0.5, 0.6) is 0 Å². The Kier molecular flexibility index (Phi) is 5.39. The molecule has 1 saturated carbocycles. The molecule has 3 heterocycles. The molecule has 1 atom stereocenters. The third-order valence-corrected chi connectivity index (χ3v) is 6.65. The van der Waals surface area contributed by atoms with Crippen LogP contribution in [0.25, 0.3) is 0 Å². The van der Waals surface area contributed by atoms with Gasteiger partial charge >= 0.3 is 0 Å². The molecule has 154 valence electrons. The smallest absolute Gasteiger partial charge is 0.225 e. The molecule has 1 aliphatic carbocycles. The van der Waals surface area contributed by atoms with Gasteiger partial charge < -0.3 is 14.7 Å². The quantitative estimate of drug-likeness (QED) is 0.811. The molecule has 29 heavy (non-hydrogen) atoms. The highest BCUT2D eigenvalue weighted by Gasteiger charge is 2.54. The molecule has 1 spiro atoms. The van der Waals surface area contributed by atoms with Crippen molar-refractivity contribution < 1.29 is 14.1 Å². The van der Waals surface area contributed by atoms with Gasteiger partial charge in [0.05, 0.1) is 11.6 Å². The standard InChI is InChI=1S/C22H28N4O3/c1-15-18(16(2)29-25-15)4-5-20(27)26-13-19(22(14-26)8-3-9-22)21(28)24-12-17-6-10-23-11-7-17/h6-7,10-11,19H,3-5,8-9,12-14H2,1-2H3,(H,24,28). The average molecular weight is 396 g/mol. The summed E-state index contributed by atoms with van der Waals surface area (Å²) in [6.07, 6.45) is 7.68. The molecule has 1 unspecified atom stereocenters. The molecule has 1 saturated heterocycles. The Morgan fingerprint density at radius 3 is 2.66 bits per heavy atom. The number of nitrogens with one attached hydrogen (secondary N) is 1. The van der Waals surface area contributed by atoms with Gasteiger partial charge in [0.1, 0.15) is 5.76 Å². The maximum atomic E-state index is 12.9. The van der Waals surface area contributed by atoms with Crippen LogP contribution in [0.1, 0.15) is 48.3 Å². The monoisotopic (exact) mass is 396 g/mol. The summed E-state index contributed by atoms with van der Waals surface area (Å²) in [5.74, 6) is 0.824. The number of hydrogen-bond donors (Lipinski definition) is 1.